The number of pyridine rings is 1. The molecule has 1 aromatic heterocycles. The average molecular weight is 358 g/mol. The molecule has 0 aliphatic rings. The number of ether oxygens (including phenoxy) is 1. The largest absolute Gasteiger partial charge is 0.497 e. The van der Waals surface area contributed by atoms with E-state index in [4.69, 9.17) is 10.00 Å². The first-order valence-electron chi connectivity index (χ1n) is 8.31. The molecule has 0 aliphatic heterocycles. The summed E-state index contributed by atoms with van der Waals surface area (Å²) in [6, 6.07) is 18.4. The minimum absolute atomic E-state index is 0.215. The van der Waals surface area contributed by atoms with Gasteiger partial charge in [0.25, 0.3) is 5.91 Å². The minimum Gasteiger partial charge on any atom is -0.497 e. The number of rotatable bonds is 6. The molecule has 0 atom stereocenters. The number of methoxy groups -OCH3 is 1. The zero-order chi connectivity index (χ0) is 19.1. The van der Waals surface area contributed by atoms with Gasteiger partial charge in [0, 0.05) is 18.4 Å². The highest BCUT2D eigenvalue weighted by Gasteiger charge is 2.07. The average Bonchev–Trinajstić information content (AvgIpc) is 2.72. The highest BCUT2D eigenvalue weighted by atomic mass is 16.5. The quantitative estimate of drug-likeness (QED) is 0.702. The number of carbonyl (C=O) groups excluding carboxylic acids is 1. The van der Waals surface area contributed by atoms with Gasteiger partial charge in [0.2, 0.25) is 0 Å². The first kappa shape index (κ1) is 18.0. The van der Waals surface area contributed by atoms with E-state index in [-0.39, 0.29) is 5.91 Å². The Labute approximate surface area is 157 Å². The van der Waals surface area contributed by atoms with Crippen LogP contribution in [0.1, 0.15) is 21.5 Å². The van der Waals surface area contributed by atoms with Gasteiger partial charge < -0.3 is 15.4 Å². The van der Waals surface area contributed by atoms with Gasteiger partial charge in [-0.2, -0.15) is 5.26 Å². The number of amides is 1. The van der Waals surface area contributed by atoms with Gasteiger partial charge >= 0.3 is 0 Å². The van der Waals surface area contributed by atoms with Gasteiger partial charge in [0.1, 0.15) is 5.75 Å². The van der Waals surface area contributed by atoms with Crippen LogP contribution >= 0.6 is 0 Å². The molecule has 134 valence electrons. The molecule has 3 rings (SSSR count). The molecule has 6 nitrogen and oxygen atoms in total. The van der Waals surface area contributed by atoms with E-state index in [1.165, 1.54) is 6.20 Å². The number of carbonyl (C=O) groups is 1. The maximum absolute atomic E-state index is 12.4. The van der Waals surface area contributed by atoms with Crippen molar-refractivity contribution in [2.24, 2.45) is 0 Å². The summed E-state index contributed by atoms with van der Waals surface area (Å²) in [4.78, 5) is 16.5. The number of nitrogens with one attached hydrogen (secondary N) is 2. The standard InChI is InChI=1S/C21H18N4O2/c1-27-20-7-5-15(6-8-20)12-24-21(26)17-10-19(14-23-13-17)25-18-4-2-3-16(9-18)11-22/h2-10,13-14,25H,12H2,1H3,(H,24,26). The maximum Gasteiger partial charge on any atom is 0.253 e. The second kappa shape index (κ2) is 8.50. The molecule has 0 spiro atoms. The Bertz CT molecular complexity index is 978. The van der Waals surface area contributed by atoms with Crippen LogP contribution in [0.15, 0.2) is 67.0 Å². The lowest BCUT2D eigenvalue weighted by molar-refractivity contribution is 0.0950. The predicted molar refractivity (Wildman–Crippen MR) is 103 cm³/mol. The molecule has 0 radical (unpaired) electrons. The van der Waals surface area contributed by atoms with Crippen LogP contribution in [0.3, 0.4) is 0 Å². The topological polar surface area (TPSA) is 87.0 Å². The lowest BCUT2D eigenvalue weighted by atomic mass is 10.2. The maximum atomic E-state index is 12.4. The summed E-state index contributed by atoms with van der Waals surface area (Å²) in [5.74, 6) is 0.557. The van der Waals surface area contributed by atoms with E-state index in [0.29, 0.717) is 23.4 Å². The zero-order valence-electron chi connectivity index (χ0n) is 14.8. The lowest BCUT2D eigenvalue weighted by Gasteiger charge is -2.09. The molecule has 0 aliphatic carbocycles. The molecule has 0 unspecified atom stereocenters. The second-order valence-corrected chi connectivity index (χ2v) is 5.81. The third kappa shape index (κ3) is 4.83. The van der Waals surface area contributed by atoms with Gasteiger partial charge in [-0.1, -0.05) is 18.2 Å². The first-order valence-corrected chi connectivity index (χ1v) is 8.31. The molecular weight excluding hydrogens is 340 g/mol. The minimum atomic E-state index is -0.215. The van der Waals surface area contributed by atoms with Gasteiger partial charge in [-0.15, -0.1) is 0 Å². The smallest absolute Gasteiger partial charge is 0.253 e. The van der Waals surface area contributed by atoms with E-state index in [1.807, 2.05) is 30.3 Å². The number of benzene rings is 2. The second-order valence-electron chi connectivity index (χ2n) is 5.81. The fourth-order valence-corrected chi connectivity index (χ4v) is 2.49. The summed E-state index contributed by atoms with van der Waals surface area (Å²) < 4.78 is 5.12. The van der Waals surface area contributed by atoms with Crippen molar-refractivity contribution in [1.29, 1.82) is 5.26 Å². The van der Waals surface area contributed by atoms with E-state index in [0.717, 1.165) is 17.0 Å². The van der Waals surface area contributed by atoms with Gasteiger partial charge in [-0.25, -0.2) is 0 Å². The third-order valence-electron chi connectivity index (χ3n) is 3.89. The van der Waals surface area contributed by atoms with E-state index < -0.39 is 0 Å². The Morgan fingerprint density at radius 2 is 1.93 bits per heavy atom. The van der Waals surface area contributed by atoms with E-state index >= 15 is 0 Å². The first-order chi connectivity index (χ1) is 13.2. The molecule has 27 heavy (non-hydrogen) atoms. The van der Waals surface area contributed by atoms with E-state index in [2.05, 4.69) is 21.7 Å². The van der Waals surface area contributed by atoms with Crippen molar-refractivity contribution in [2.75, 3.05) is 12.4 Å². The fraction of sp³-hybridized carbons (Fsp3) is 0.0952. The molecule has 3 aromatic rings. The van der Waals surface area contributed by atoms with Crippen molar-refractivity contribution in [2.45, 2.75) is 6.54 Å². The highest BCUT2D eigenvalue weighted by Crippen LogP contribution is 2.18. The van der Waals surface area contributed by atoms with E-state index in [1.54, 1.807) is 37.6 Å². The van der Waals surface area contributed by atoms with Crippen molar-refractivity contribution >= 4 is 17.3 Å². The number of hydrogen-bond donors (Lipinski definition) is 2. The van der Waals surface area contributed by atoms with Crippen molar-refractivity contribution in [1.82, 2.24) is 10.3 Å². The summed E-state index contributed by atoms with van der Waals surface area (Å²) >= 11 is 0. The molecule has 6 heteroatoms. The molecular formula is C21H18N4O2. The summed E-state index contributed by atoms with van der Waals surface area (Å²) in [5.41, 5.74) is 3.40. The number of hydrogen-bond acceptors (Lipinski definition) is 5. The van der Waals surface area contributed by atoms with Crippen LogP contribution in [-0.4, -0.2) is 18.0 Å². The van der Waals surface area contributed by atoms with Crippen molar-refractivity contribution in [3.05, 3.63) is 83.7 Å². The summed E-state index contributed by atoms with van der Waals surface area (Å²) in [5, 5.41) is 15.0. The lowest BCUT2D eigenvalue weighted by Crippen LogP contribution is -2.23. The fourth-order valence-electron chi connectivity index (χ4n) is 2.49. The van der Waals surface area contributed by atoms with Crippen LogP contribution in [-0.2, 0) is 6.54 Å². The van der Waals surface area contributed by atoms with Crippen LogP contribution in [0.5, 0.6) is 5.75 Å². The highest BCUT2D eigenvalue weighted by molar-refractivity contribution is 5.94. The normalized spacial score (nSPS) is 9.93. The molecule has 2 aromatic carbocycles. The van der Waals surface area contributed by atoms with Crippen LogP contribution in [0, 0.1) is 11.3 Å². The zero-order valence-corrected chi connectivity index (χ0v) is 14.8. The van der Waals surface area contributed by atoms with Crippen molar-refractivity contribution in [3.8, 4) is 11.8 Å². The van der Waals surface area contributed by atoms with Crippen LogP contribution in [0.25, 0.3) is 0 Å². The molecule has 0 bridgehead atoms. The van der Waals surface area contributed by atoms with Gasteiger partial charge in [0.15, 0.2) is 0 Å². The molecule has 0 fully saturated rings. The Morgan fingerprint density at radius 3 is 2.67 bits per heavy atom. The molecule has 0 saturated heterocycles. The Balaban J connectivity index is 1.65. The van der Waals surface area contributed by atoms with Gasteiger partial charge in [-0.05, 0) is 42.0 Å². The Morgan fingerprint density at radius 1 is 1.11 bits per heavy atom. The molecule has 2 N–H and O–H groups in total. The van der Waals surface area contributed by atoms with Crippen molar-refractivity contribution < 1.29 is 9.53 Å². The number of aromatic nitrogens is 1. The summed E-state index contributed by atoms with van der Waals surface area (Å²) in [6.45, 7) is 0.407. The summed E-state index contributed by atoms with van der Waals surface area (Å²) in [6.07, 6.45) is 3.14. The van der Waals surface area contributed by atoms with Crippen LogP contribution in [0.4, 0.5) is 11.4 Å². The number of anilines is 2. The van der Waals surface area contributed by atoms with E-state index in [9.17, 15) is 4.79 Å². The van der Waals surface area contributed by atoms with Gasteiger partial charge in [0.05, 0.1) is 36.2 Å². The van der Waals surface area contributed by atoms with Crippen LogP contribution in [0.2, 0.25) is 0 Å². The monoisotopic (exact) mass is 358 g/mol. The Kier molecular flexibility index (Phi) is 5.65. The predicted octanol–water partition coefficient (Wildman–Crippen LogP) is 3.64. The Hall–Kier alpha value is -3.85. The number of nitriles is 1. The molecule has 1 amide bonds. The molecule has 0 saturated carbocycles. The summed E-state index contributed by atoms with van der Waals surface area (Å²) in [7, 11) is 1.61. The molecule has 1 heterocycles. The van der Waals surface area contributed by atoms with Gasteiger partial charge in [-0.3, -0.25) is 9.78 Å². The van der Waals surface area contributed by atoms with Crippen LogP contribution < -0.4 is 15.4 Å². The number of nitrogens with zero attached hydrogens (tertiary/aromatic N) is 2. The van der Waals surface area contributed by atoms with Crippen molar-refractivity contribution in [3.63, 3.8) is 0 Å². The SMILES string of the molecule is COc1ccc(CNC(=O)c2cncc(Nc3cccc(C#N)c3)c2)cc1. The third-order valence-corrected chi connectivity index (χ3v) is 3.89.